The van der Waals surface area contributed by atoms with Crippen LogP contribution in [0.25, 0.3) is 0 Å². The number of benzene rings is 1. The van der Waals surface area contributed by atoms with E-state index in [2.05, 4.69) is 22.2 Å². The monoisotopic (exact) mass is 335 g/mol. The van der Waals surface area contributed by atoms with Gasteiger partial charge in [0.05, 0.1) is 5.69 Å². The van der Waals surface area contributed by atoms with Gasteiger partial charge >= 0.3 is 0 Å². The first-order valence-electron chi connectivity index (χ1n) is 6.95. The number of likely N-dealkylation sites (N-methyl/N-ethyl adjacent to an activating group) is 1. The van der Waals surface area contributed by atoms with Crippen molar-refractivity contribution in [1.82, 2.24) is 9.88 Å². The van der Waals surface area contributed by atoms with Gasteiger partial charge in [-0.1, -0.05) is 0 Å². The molecule has 1 amide bonds. The molecule has 1 unspecified atom stereocenters. The molecule has 116 valence electrons. The predicted molar refractivity (Wildman–Crippen MR) is 88.9 cm³/mol. The number of carbonyl (C=O) groups excluding carboxylic acids is 1. The Kier molecular flexibility index (Phi) is 4.37. The van der Waals surface area contributed by atoms with Gasteiger partial charge in [0, 0.05) is 51.9 Å². The Morgan fingerprint density at radius 3 is 2.77 bits per heavy atom. The summed E-state index contributed by atoms with van der Waals surface area (Å²) in [6, 6.07) is 6.81. The van der Waals surface area contributed by atoms with Crippen molar-refractivity contribution < 1.29 is 9.00 Å². The highest BCUT2D eigenvalue weighted by Crippen LogP contribution is 2.28. The first-order chi connectivity index (χ1) is 10.5. The van der Waals surface area contributed by atoms with Crippen LogP contribution in [0, 0.1) is 0 Å². The smallest absolute Gasteiger partial charge is 0.257 e. The molecule has 1 aromatic heterocycles. The quantitative estimate of drug-likeness (QED) is 0.933. The summed E-state index contributed by atoms with van der Waals surface area (Å²) in [6.07, 6.45) is 2.54. The summed E-state index contributed by atoms with van der Waals surface area (Å²) in [6.45, 7) is 1.89. The van der Waals surface area contributed by atoms with E-state index in [-0.39, 0.29) is 5.91 Å². The highest BCUT2D eigenvalue weighted by atomic mass is 32.2. The molecule has 0 fully saturated rings. The summed E-state index contributed by atoms with van der Waals surface area (Å²) in [4.78, 5) is 20.9. The zero-order chi connectivity index (χ0) is 15.7. The SMILES string of the molecule is CN1CCc2nc(NC(=O)c3ccc(S(C)=O)cc3)sc2C1. The molecule has 1 aliphatic heterocycles. The van der Waals surface area contributed by atoms with Crippen LogP contribution in [0.5, 0.6) is 0 Å². The van der Waals surface area contributed by atoms with Crippen molar-refractivity contribution in [3.8, 4) is 0 Å². The maximum absolute atomic E-state index is 12.2. The Labute approximate surface area is 135 Å². The minimum atomic E-state index is -1.03. The summed E-state index contributed by atoms with van der Waals surface area (Å²) in [5, 5.41) is 3.50. The van der Waals surface area contributed by atoms with Crippen LogP contribution in [0.15, 0.2) is 29.2 Å². The van der Waals surface area contributed by atoms with Crippen LogP contribution in [0.2, 0.25) is 0 Å². The van der Waals surface area contributed by atoms with E-state index in [4.69, 9.17) is 0 Å². The van der Waals surface area contributed by atoms with E-state index in [0.29, 0.717) is 15.6 Å². The molecule has 5 nitrogen and oxygen atoms in total. The Balaban J connectivity index is 1.73. The van der Waals surface area contributed by atoms with Gasteiger partial charge in [0.2, 0.25) is 0 Å². The van der Waals surface area contributed by atoms with Crippen LogP contribution in [0.3, 0.4) is 0 Å². The number of amides is 1. The van der Waals surface area contributed by atoms with E-state index < -0.39 is 10.8 Å². The van der Waals surface area contributed by atoms with E-state index in [9.17, 15) is 9.00 Å². The first kappa shape index (κ1) is 15.3. The number of carbonyl (C=O) groups is 1. The number of nitrogens with one attached hydrogen (secondary N) is 1. The standard InChI is InChI=1S/C15H17N3O2S2/c1-18-8-7-12-13(9-18)21-15(16-12)17-14(19)10-3-5-11(6-4-10)22(2)20/h3-6H,7-9H2,1-2H3,(H,16,17,19). The Morgan fingerprint density at radius 2 is 2.09 bits per heavy atom. The molecule has 1 aliphatic rings. The lowest BCUT2D eigenvalue weighted by molar-refractivity contribution is 0.102. The van der Waals surface area contributed by atoms with Crippen molar-refractivity contribution in [2.45, 2.75) is 17.9 Å². The highest BCUT2D eigenvalue weighted by Gasteiger charge is 2.19. The third-order valence-electron chi connectivity index (χ3n) is 3.59. The highest BCUT2D eigenvalue weighted by molar-refractivity contribution is 7.84. The average Bonchev–Trinajstić information content (AvgIpc) is 2.88. The molecule has 0 saturated carbocycles. The number of thiazole rings is 1. The topological polar surface area (TPSA) is 62.3 Å². The van der Waals surface area contributed by atoms with Gasteiger partial charge in [-0.25, -0.2) is 4.98 Å². The maximum atomic E-state index is 12.2. The minimum Gasteiger partial charge on any atom is -0.301 e. The number of anilines is 1. The first-order valence-corrected chi connectivity index (χ1v) is 9.32. The second-order valence-corrected chi connectivity index (χ2v) is 7.77. The molecule has 1 N–H and O–H groups in total. The molecule has 0 aliphatic carbocycles. The van der Waals surface area contributed by atoms with E-state index in [1.165, 1.54) is 16.2 Å². The largest absolute Gasteiger partial charge is 0.301 e. The lowest BCUT2D eigenvalue weighted by Crippen LogP contribution is -2.25. The van der Waals surface area contributed by atoms with Crippen LogP contribution < -0.4 is 5.32 Å². The third kappa shape index (κ3) is 3.26. The predicted octanol–water partition coefficient (Wildman–Crippen LogP) is 2.12. The van der Waals surface area contributed by atoms with Crippen LogP contribution in [-0.2, 0) is 23.8 Å². The molecule has 0 bridgehead atoms. The third-order valence-corrected chi connectivity index (χ3v) is 5.52. The van der Waals surface area contributed by atoms with Crippen LogP contribution in [0.4, 0.5) is 5.13 Å². The zero-order valence-electron chi connectivity index (χ0n) is 12.5. The van der Waals surface area contributed by atoms with Crippen molar-refractivity contribution in [3.63, 3.8) is 0 Å². The van der Waals surface area contributed by atoms with Crippen LogP contribution >= 0.6 is 11.3 Å². The minimum absolute atomic E-state index is 0.187. The Morgan fingerprint density at radius 1 is 1.36 bits per heavy atom. The molecule has 1 aromatic carbocycles. The molecular weight excluding hydrogens is 318 g/mol. The molecule has 1 atom stereocenters. The normalized spacial score (nSPS) is 16.1. The van der Waals surface area contributed by atoms with Gasteiger partial charge in [0.25, 0.3) is 5.91 Å². The van der Waals surface area contributed by atoms with E-state index in [1.807, 2.05) is 0 Å². The summed E-state index contributed by atoms with van der Waals surface area (Å²) in [5.41, 5.74) is 1.63. The number of fused-ring (bicyclic) bond motifs is 1. The fraction of sp³-hybridized carbons (Fsp3) is 0.333. The molecule has 2 heterocycles. The summed E-state index contributed by atoms with van der Waals surface area (Å²) in [7, 11) is 1.05. The molecule has 22 heavy (non-hydrogen) atoms. The lowest BCUT2D eigenvalue weighted by atomic mass is 10.2. The number of aromatic nitrogens is 1. The summed E-state index contributed by atoms with van der Waals surface area (Å²) < 4.78 is 11.4. The van der Waals surface area contributed by atoms with E-state index in [1.54, 1.807) is 30.5 Å². The van der Waals surface area contributed by atoms with E-state index in [0.717, 1.165) is 25.2 Å². The zero-order valence-corrected chi connectivity index (χ0v) is 14.1. The van der Waals surface area contributed by atoms with Crippen molar-refractivity contribution in [2.75, 3.05) is 25.2 Å². The van der Waals surface area contributed by atoms with Crippen molar-refractivity contribution in [3.05, 3.63) is 40.4 Å². The summed E-state index contributed by atoms with van der Waals surface area (Å²) >= 11 is 1.54. The molecule has 0 spiro atoms. The van der Waals surface area contributed by atoms with Gasteiger partial charge < -0.3 is 4.90 Å². The van der Waals surface area contributed by atoms with Gasteiger partial charge in [-0.15, -0.1) is 11.3 Å². The van der Waals surface area contributed by atoms with Gasteiger partial charge in [-0.2, -0.15) is 0 Å². The second-order valence-electron chi connectivity index (χ2n) is 5.31. The molecule has 7 heteroatoms. The lowest BCUT2D eigenvalue weighted by Gasteiger charge is -2.20. The Hall–Kier alpha value is -1.57. The van der Waals surface area contributed by atoms with Crippen LogP contribution in [-0.4, -0.2) is 39.8 Å². The van der Waals surface area contributed by atoms with Crippen LogP contribution in [0.1, 0.15) is 20.9 Å². The fourth-order valence-corrected chi connectivity index (χ4v) is 3.95. The molecule has 0 radical (unpaired) electrons. The average molecular weight is 335 g/mol. The molecular formula is C15H17N3O2S2. The molecule has 0 saturated heterocycles. The van der Waals surface area contributed by atoms with Gasteiger partial charge in [-0.3, -0.25) is 14.3 Å². The van der Waals surface area contributed by atoms with Crippen molar-refractivity contribution in [1.29, 1.82) is 0 Å². The van der Waals surface area contributed by atoms with E-state index >= 15 is 0 Å². The van der Waals surface area contributed by atoms with Crippen molar-refractivity contribution >= 4 is 33.2 Å². The number of hydrogen-bond acceptors (Lipinski definition) is 5. The van der Waals surface area contributed by atoms with Crippen molar-refractivity contribution in [2.24, 2.45) is 0 Å². The van der Waals surface area contributed by atoms with Gasteiger partial charge in [0.15, 0.2) is 5.13 Å². The fourth-order valence-electron chi connectivity index (χ4n) is 2.34. The number of rotatable bonds is 3. The number of nitrogens with zero attached hydrogens (tertiary/aromatic N) is 2. The molecule has 3 rings (SSSR count). The Bertz CT molecular complexity index is 725. The summed E-state index contributed by atoms with van der Waals surface area (Å²) in [5.74, 6) is -0.187. The molecule has 2 aromatic rings. The van der Waals surface area contributed by atoms with Gasteiger partial charge in [-0.05, 0) is 31.3 Å². The van der Waals surface area contributed by atoms with Gasteiger partial charge in [0.1, 0.15) is 0 Å². The second kappa shape index (κ2) is 6.28. The maximum Gasteiger partial charge on any atom is 0.257 e. The number of hydrogen-bond donors (Lipinski definition) is 1.